The second kappa shape index (κ2) is 12.7. The minimum atomic E-state index is -5.08. The number of aromatic amines is 1. The molecule has 14 heteroatoms. The standard InChI is InChI=1S/C29H27FN6O2.C2HF3O2/c1-34-16-24(22-10-9-21(15-26(22)34)38-18-19-6-3-2-4-7-19)28-32-33-29(37)36(28)27-17-35(13-5-12-31)25-11-8-20(30)14-23(25)27;3-2(4,5)1(6)7/h2-4,6-11,14-17H,5,12-13,18,31H2,1H3,(H,33,37);(H,6,7). The van der Waals surface area contributed by atoms with Gasteiger partial charge in [-0.3, -0.25) is 0 Å². The van der Waals surface area contributed by atoms with Crippen LogP contribution in [0.4, 0.5) is 17.6 Å². The number of hydrogen-bond donors (Lipinski definition) is 3. The van der Waals surface area contributed by atoms with Gasteiger partial charge in [0.15, 0.2) is 5.82 Å². The van der Waals surface area contributed by atoms with Crippen molar-refractivity contribution in [1.82, 2.24) is 23.9 Å². The molecule has 6 aromatic rings. The van der Waals surface area contributed by atoms with Crippen LogP contribution >= 0.6 is 0 Å². The van der Waals surface area contributed by atoms with E-state index in [4.69, 9.17) is 20.4 Å². The number of aryl methyl sites for hydroxylation is 2. The Bertz CT molecular complexity index is 2030. The number of carboxylic acids is 1. The molecule has 6 rings (SSSR count). The molecule has 0 aliphatic rings. The average molecular weight is 625 g/mol. The van der Waals surface area contributed by atoms with Gasteiger partial charge in [-0.1, -0.05) is 30.3 Å². The second-order valence-corrected chi connectivity index (χ2v) is 10.1. The number of H-pyrrole nitrogens is 1. The number of halogens is 4. The predicted molar refractivity (Wildman–Crippen MR) is 160 cm³/mol. The molecule has 10 nitrogen and oxygen atoms in total. The molecule has 0 radical (unpaired) electrons. The number of nitrogens with two attached hydrogens (primary N) is 1. The van der Waals surface area contributed by atoms with Crippen molar-refractivity contribution in [3.05, 3.63) is 101 Å². The van der Waals surface area contributed by atoms with Crippen molar-refractivity contribution in [1.29, 1.82) is 0 Å². The zero-order valence-electron chi connectivity index (χ0n) is 23.9. The largest absolute Gasteiger partial charge is 0.490 e. The Morgan fingerprint density at radius 2 is 1.76 bits per heavy atom. The van der Waals surface area contributed by atoms with E-state index in [0.29, 0.717) is 36.6 Å². The Hall–Kier alpha value is -5.37. The van der Waals surface area contributed by atoms with Crippen molar-refractivity contribution in [2.24, 2.45) is 12.8 Å². The first-order valence-electron chi connectivity index (χ1n) is 13.7. The number of carboxylic acid groups (broad SMARTS) is 1. The lowest BCUT2D eigenvalue weighted by molar-refractivity contribution is -0.192. The van der Waals surface area contributed by atoms with Gasteiger partial charge in [-0.25, -0.2) is 23.6 Å². The number of hydrogen-bond acceptors (Lipinski definition) is 5. The minimum absolute atomic E-state index is 0.374. The third-order valence-electron chi connectivity index (χ3n) is 7.03. The number of nitrogens with zero attached hydrogens (tertiary/aromatic N) is 4. The van der Waals surface area contributed by atoms with Gasteiger partial charge in [0.2, 0.25) is 0 Å². The van der Waals surface area contributed by atoms with Gasteiger partial charge < -0.3 is 24.7 Å². The Kier molecular flexibility index (Phi) is 8.77. The van der Waals surface area contributed by atoms with Gasteiger partial charge in [-0.15, -0.1) is 0 Å². The van der Waals surface area contributed by atoms with Gasteiger partial charge in [-0.05, 0) is 48.9 Å². The van der Waals surface area contributed by atoms with Crippen LogP contribution in [0.5, 0.6) is 5.75 Å². The number of fused-ring (bicyclic) bond motifs is 2. The highest BCUT2D eigenvalue weighted by Gasteiger charge is 2.38. The first-order valence-corrected chi connectivity index (χ1v) is 13.7. The maximum absolute atomic E-state index is 14.3. The first-order chi connectivity index (χ1) is 21.5. The van der Waals surface area contributed by atoms with E-state index in [9.17, 15) is 22.4 Å². The van der Waals surface area contributed by atoms with Gasteiger partial charge in [0.1, 0.15) is 18.2 Å². The number of benzene rings is 3. The number of rotatable bonds is 8. The summed E-state index contributed by atoms with van der Waals surface area (Å²) in [6.45, 7) is 1.65. The molecule has 3 aromatic heterocycles. The van der Waals surface area contributed by atoms with E-state index >= 15 is 0 Å². The summed E-state index contributed by atoms with van der Waals surface area (Å²) in [5, 5.41) is 15.6. The molecule has 45 heavy (non-hydrogen) atoms. The van der Waals surface area contributed by atoms with E-state index < -0.39 is 17.8 Å². The van der Waals surface area contributed by atoms with Crippen molar-refractivity contribution >= 4 is 27.8 Å². The summed E-state index contributed by atoms with van der Waals surface area (Å²) in [5.41, 5.74) is 9.51. The molecule has 3 aromatic carbocycles. The Labute approximate surface area is 252 Å². The average Bonchev–Trinajstić information content (AvgIpc) is 3.67. The summed E-state index contributed by atoms with van der Waals surface area (Å²) >= 11 is 0. The Morgan fingerprint density at radius 1 is 1.02 bits per heavy atom. The van der Waals surface area contributed by atoms with E-state index in [1.54, 1.807) is 6.07 Å². The summed E-state index contributed by atoms with van der Waals surface area (Å²) < 4.78 is 57.6. The van der Waals surface area contributed by atoms with Gasteiger partial charge in [0.05, 0.1) is 16.7 Å². The number of carbonyl (C=O) groups is 1. The lowest BCUT2D eigenvalue weighted by Crippen LogP contribution is -2.21. The van der Waals surface area contributed by atoms with Gasteiger partial charge in [0.25, 0.3) is 0 Å². The molecular formula is C31H28F4N6O4. The molecule has 4 N–H and O–H groups in total. The van der Waals surface area contributed by atoms with Gasteiger partial charge in [0, 0.05) is 48.4 Å². The van der Waals surface area contributed by atoms with E-state index in [1.807, 2.05) is 77.1 Å². The second-order valence-electron chi connectivity index (χ2n) is 10.1. The molecule has 0 bridgehead atoms. The quantitative estimate of drug-likeness (QED) is 0.195. The Balaban J connectivity index is 0.000000515. The van der Waals surface area contributed by atoms with Crippen LogP contribution in [-0.4, -0.2) is 47.7 Å². The number of aliphatic carboxylic acids is 1. The molecule has 234 valence electrons. The monoisotopic (exact) mass is 624 g/mol. The smallest absolute Gasteiger partial charge is 0.489 e. The molecule has 0 unspecified atom stereocenters. The van der Waals surface area contributed by atoms with Crippen LogP contribution < -0.4 is 16.2 Å². The topological polar surface area (TPSA) is 133 Å². The lowest BCUT2D eigenvalue weighted by Gasteiger charge is -2.07. The summed E-state index contributed by atoms with van der Waals surface area (Å²) in [6.07, 6.45) is -0.529. The van der Waals surface area contributed by atoms with Crippen molar-refractivity contribution in [3.8, 4) is 22.8 Å². The maximum Gasteiger partial charge on any atom is 0.490 e. The molecule has 0 aliphatic carbocycles. The van der Waals surface area contributed by atoms with E-state index in [2.05, 4.69) is 10.2 Å². The molecule has 0 fully saturated rings. The predicted octanol–water partition coefficient (Wildman–Crippen LogP) is 5.37. The fourth-order valence-electron chi connectivity index (χ4n) is 4.95. The SMILES string of the molecule is Cn1cc(-c2n[nH]c(=O)n2-c2cn(CCCN)c3ccc(F)cc23)c2ccc(OCc3ccccc3)cc21.O=C(O)C(F)(F)F. The van der Waals surface area contributed by atoms with E-state index in [1.165, 1.54) is 16.7 Å². The van der Waals surface area contributed by atoms with Crippen LogP contribution in [-0.2, 0) is 25.0 Å². The highest BCUT2D eigenvalue weighted by Crippen LogP contribution is 2.34. The molecule has 0 saturated carbocycles. The van der Waals surface area contributed by atoms with E-state index in [-0.39, 0.29) is 5.82 Å². The van der Waals surface area contributed by atoms with Crippen molar-refractivity contribution < 1.29 is 32.2 Å². The van der Waals surface area contributed by atoms with Crippen LogP contribution in [0.15, 0.2) is 83.9 Å². The highest BCUT2D eigenvalue weighted by atomic mass is 19.4. The molecule has 0 aliphatic heterocycles. The maximum atomic E-state index is 14.3. The van der Waals surface area contributed by atoms with Crippen molar-refractivity contribution in [3.63, 3.8) is 0 Å². The third-order valence-corrected chi connectivity index (χ3v) is 7.03. The fraction of sp³-hybridized carbons (Fsp3) is 0.194. The van der Waals surface area contributed by atoms with Gasteiger partial charge >= 0.3 is 17.8 Å². The summed E-state index contributed by atoms with van der Waals surface area (Å²) in [6, 6.07) is 20.5. The molecule has 3 heterocycles. The van der Waals surface area contributed by atoms with Crippen LogP contribution in [0, 0.1) is 5.82 Å². The normalized spacial score (nSPS) is 11.5. The summed E-state index contributed by atoms with van der Waals surface area (Å²) in [4.78, 5) is 22.0. The zero-order valence-corrected chi connectivity index (χ0v) is 23.9. The van der Waals surface area contributed by atoms with Crippen LogP contribution in [0.2, 0.25) is 0 Å². The summed E-state index contributed by atoms with van der Waals surface area (Å²) in [7, 11) is 1.94. The molecule has 0 amide bonds. The molecular weight excluding hydrogens is 596 g/mol. The van der Waals surface area contributed by atoms with Crippen LogP contribution in [0.1, 0.15) is 12.0 Å². The van der Waals surface area contributed by atoms with Crippen LogP contribution in [0.25, 0.3) is 38.9 Å². The third kappa shape index (κ3) is 6.60. The van der Waals surface area contributed by atoms with E-state index in [0.717, 1.165) is 39.7 Å². The van der Waals surface area contributed by atoms with Gasteiger partial charge in [-0.2, -0.15) is 18.3 Å². The molecule has 0 saturated heterocycles. The first kappa shape index (κ1) is 31.1. The van der Waals surface area contributed by atoms with Crippen LogP contribution in [0.3, 0.4) is 0 Å². The number of alkyl halides is 3. The summed E-state index contributed by atoms with van der Waals surface area (Å²) in [5.74, 6) is -1.94. The molecule has 0 spiro atoms. The number of ether oxygens (including phenoxy) is 1. The van der Waals surface area contributed by atoms with Crippen molar-refractivity contribution in [2.75, 3.05) is 6.54 Å². The van der Waals surface area contributed by atoms with Crippen molar-refractivity contribution in [2.45, 2.75) is 25.7 Å². The Morgan fingerprint density at radius 3 is 2.44 bits per heavy atom. The number of nitrogens with one attached hydrogen (secondary N) is 1. The fourth-order valence-corrected chi connectivity index (χ4v) is 4.95. The zero-order chi connectivity index (χ0) is 32.3. The lowest BCUT2D eigenvalue weighted by atomic mass is 10.1. The molecule has 0 atom stereocenters. The minimum Gasteiger partial charge on any atom is -0.489 e. The highest BCUT2D eigenvalue weighted by molar-refractivity contribution is 5.96. The number of aromatic nitrogens is 5.